The van der Waals surface area contributed by atoms with Crippen LogP contribution in [0.3, 0.4) is 0 Å². The van der Waals surface area contributed by atoms with Gasteiger partial charge in [0.05, 0.1) is 28.0 Å². The van der Waals surface area contributed by atoms with Crippen LogP contribution in [0.2, 0.25) is 5.02 Å². The number of carbonyl (C=O) groups is 1. The van der Waals surface area contributed by atoms with Gasteiger partial charge in [-0.25, -0.2) is 0 Å². The lowest BCUT2D eigenvalue weighted by Gasteiger charge is -2.09. The fourth-order valence-corrected chi connectivity index (χ4v) is 3.09. The summed E-state index contributed by atoms with van der Waals surface area (Å²) < 4.78 is 12.4. The molecule has 0 aliphatic heterocycles. The Kier molecular flexibility index (Phi) is 5.39. The Morgan fingerprint density at radius 3 is 2.86 bits per heavy atom. The van der Waals surface area contributed by atoms with Gasteiger partial charge in [-0.15, -0.1) is 0 Å². The molecule has 0 unspecified atom stereocenters. The van der Waals surface area contributed by atoms with Crippen LogP contribution in [0.4, 0.5) is 0 Å². The Bertz CT molecular complexity index is 692. The van der Waals surface area contributed by atoms with E-state index in [1.165, 1.54) is 4.57 Å². The number of para-hydroxylation sites is 1. The van der Waals surface area contributed by atoms with Gasteiger partial charge in [0, 0.05) is 0 Å². The summed E-state index contributed by atoms with van der Waals surface area (Å²) >= 11 is 7.15. The molecular weight excluding hydrogens is 314 g/mol. The summed E-state index contributed by atoms with van der Waals surface area (Å²) in [5.41, 5.74) is 0.574. The van der Waals surface area contributed by atoms with Crippen molar-refractivity contribution >= 4 is 39.1 Å². The lowest BCUT2D eigenvalue weighted by Crippen LogP contribution is -2.22. The highest BCUT2D eigenvalue weighted by Crippen LogP contribution is 2.25. The van der Waals surface area contributed by atoms with Gasteiger partial charge in [0.25, 0.3) is 0 Å². The Morgan fingerprint density at radius 2 is 2.14 bits per heavy atom. The first-order valence-corrected chi connectivity index (χ1v) is 7.73. The van der Waals surface area contributed by atoms with Crippen LogP contribution in [0, 0.1) is 0 Å². The van der Waals surface area contributed by atoms with Crippen LogP contribution < -0.4 is 4.87 Å². The Labute approximate surface area is 131 Å². The molecule has 0 N–H and O–H groups in total. The summed E-state index contributed by atoms with van der Waals surface area (Å²) in [6, 6.07) is 5.26. The second-order valence-electron chi connectivity index (χ2n) is 4.68. The maximum atomic E-state index is 11.9. The zero-order chi connectivity index (χ0) is 15.4. The van der Waals surface area contributed by atoms with E-state index < -0.39 is 5.97 Å². The fourth-order valence-electron chi connectivity index (χ4n) is 1.84. The molecule has 0 aliphatic carbocycles. The van der Waals surface area contributed by atoms with Crippen molar-refractivity contribution in [2.24, 2.45) is 0 Å². The largest absolute Gasteiger partial charge is 0.462 e. The number of fused-ring (bicyclic) bond motifs is 1. The number of rotatable bonds is 6. The van der Waals surface area contributed by atoms with E-state index in [-0.39, 0.29) is 24.1 Å². The molecule has 7 heteroatoms. The van der Waals surface area contributed by atoms with Gasteiger partial charge >= 0.3 is 10.8 Å². The quantitative estimate of drug-likeness (QED) is 0.604. The van der Waals surface area contributed by atoms with E-state index in [1.54, 1.807) is 18.2 Å². The van der Waals surface area contributed by atoms with Crippen LogP contribution in [0.15, 0.2) is 23.0 Å². The zero-order valence-corrected chi connectivity index (χ0v) is 13.4. The number of nitrogens with zero attached hydrogens (tertiary/aromatic N) is 1. The van der Waals surface area contributed by atoms with Gasteiger partial charge < -0.3 is 9.47 Å². The SMILES string of the molecule is CC(C)OCCOC(=O)Cn1c(=O)sc2cccc(Cl)c21. The molecule has 1 aromatic carbocycles. The standard InChI is InChI=1S/C14H16ClNO4S/c1-9(2)19-6-7-20-12(17)8-16-13-10(15)4-3-5-11(13)21-14(16)18/h3-5,9H,6-8H2,1-2H3. The number of aromatic nitrogens is 1. The van der Waals surface area contributed by atoms with E-state index in [0.29, 0.717) is 17.1 Å². The molecule has 0 saturated heterocycles. The van der Waals surface area contributed by atoms with Gasteiger partial charge in [0.2, 0.25) is 0 Å². The van der Waals surface area contributed by atoms with E-state index in [9.17, 15) is 9.59 Å². The molecule has 1 heterocycles. The predicted octanol–water partition coefficient (Wildman–Crippen LogP) is 2.68. The van der Waals surface area contributed by atoms with Crippen LogP contribution in [0.25, 0.3) is 10.2 Å². The number of carbonyl (C=O) groups excluding carboxylic acids is 1. The molecular formula is C14H16ClNO4S. The van der Waals surface area contributed by atoms with Crippen LogP contribution in [0.5, 0.6) is 0 Å². The minimum Gasteiger partial charge on any atom is -0.462 e. The van der Waals surface area contributed by atoms with Crippen molar-refractivity contribution in [3.8, 4) is 0 Å². The maximum absolute atomic E-state index is 11.9. The average molecular weight is 330 g/mol. The summed E-state index contributed by atoms with van der Waals surface area (Å²) in [7, 11) is 0. The molecule has 5 nitrogen and oxygen atoms in total. The zero-order valence-electron chi connectivity index (χ0n) is 11.8. The highest BCUT2D eigenvalue weighted by molar-refractivity contribution is 7.16. The van der Waals surface area contributed by atoms with Crippen molar-refractivity contribution in [2.75, 3.05) is 13.2 Å². The van der Waals surface area contributed by atoms with Crippen molar-refractivity contribution in [3.05, 3.63) is 32.9 Å². The molecule has 21 heavy (non-hydrogen) atoms. The highest BCUT2D eigenvalue weighted by atomic mass is 35.5. The fraction of sp³-hybridized carbons (Fsp3) is 0.429. The van der Waals surface area contributed by atoms with Crippen LogP contribution in [0.1, 0.15) is 13.8 Å². The lowest BCUT2D eigenvalue weighted by molar-refractivity contribution is -0.146. The first-order chi connectivity index (χ1) is 9.99. The minimum atomic E-state index is -0.482. The smallest absolute Gasteiger partial charge is 0.326 e. The third-order valence-corrected chi connectivity index (χ3v) is 3.97. The topological polar surface area (TPSA) is 57.5 Å². The number of esters is 1. The van der Waals surface area contributed by atoms with Gasteiger partial charge in [-0.3, -0.25) is 14.2 Å². The molecule has 0 spiro atoms. The second kappa shape index (κ2) is 7.06. The molecule has 0 atom stereocenters. The number of hydrogen-bond acceptors (Lipinski definition) is 5. The summed E-state index contributed by atoms with van der Waals surface area (Å²) in [5.74, 6) is -0.482. The van der Waals surface area contributed by atoms with Crippen molar-refractivity contribution in [1.29, 1.82) is 0 Å². The first-order valence-electron chi connectivity index (χ1n) is 6.54. The van der Waals surface area contributed by atoms with Gasteiger partial charge in [-0.1, -0.05) is 29.0 Å². The molecule has 2 rings (SSSR count). The normalized spacial score (nSPS) is 11.2. The molecule has 2 aromatic rings. The molecule has 0 aliphatic rings. The predicted molar refractivity (Wildman–Crippen MR) is 83.1 cm³/mol. The minimum absolute atomic E-state index is 0.0888. The highest BCUT2D eigenvalue weighted by Gasteiger charge is 2.14. The van der Waals surface area contributed by atoms with Crippen molar-refractivity contribution in [2.45, 2.75) is 26.5 Å². The molecule has 1 aromatic heterocycles. The summed E-state index contributed by atoms with van der Waals surface area (Å²) in [5, 5.41) is 0.446. The van der Waals surface area contributed by atoms with Crippen molar-refractivity contribution < 1.29 is 14.3 Å². The monoisotopic (exact) mass is 329 g/mol. The number of ether oxygens (including phenoxy) is 2. The molecule has 0 radical (unpaired) electrons. The van der Waals surface area contributed by atoms with E-state index in [4.69, 9.17) is 21.1 Å². The van der Waals surface area contributed by atoms with E-state index in [0.717, 1.165) is 16.0 Å². The van der Waals surface area contributed by atoms with E-state index >= 15 is 0 Å². The number of halogens is 1. The maximum Gasteiger partial charge on any atom is 0.326 e. The molecule has 0 bridgehead atoms. The van der Waals surface area contributed by atoms with Gasteiger partial charge in [0.15, 0.2) is 0 Å². The van der Waals surface area contributed by atoms with Gasteiger partial charge in [-0.05, 0) is 26.0 Å². The van der Waals surface area contributed by atoms with Crippen LogP contribution >= 0.6 is 22.9 Å². The molecule has 114 valence electrons. The lowest BCUT2D eigenvalue weighted by atomic mass is 10.3. The van der Waals surface area contributed by atoms with E-state index in [1.807, 2.05) is 13.8 Å². The van der Waals surface area contributed by atoms with Crippen LogP contribution in [-0.2, 0) is 20.8 Å². The summed E-state index contributed by atoms with van der Waals surface area (Å²) in [6.07, 6.45) is 0.0888. The van der Waals surface area contributed by atoms with Crippen molar-refractivity contribution in [1.82, 2.24) is 4.57 Å². The molecule has 0 amide bonds. The van der Waals surface area contributed by atoms with Crippen molar-refractivity contribution in [3.63, 3.8) is 0 Å². The Hall–Kier alpha value is -1.37. The third kappa shape index (κ3) is 4.06. The first kappa shape index (κ1) is 16.0. The third-order valence-electron chi connectivity index (χ3n) is 2.72. The molecule has 0 fully saturated rings. The Balaban J connectivity index is 2.04. The number of thiazole rings is 1. The Morgan fingerprint density at radius 1 is 1.38 bits per heavy atom. The van der Waals surface area contributed by atoms with Gasteiger partial charge in [0.1, 0.15) is 13.2 Å². The second-order valence-corrected chi connectivity index (χ2v) is 6.08. The molecule has 0 saturated carbocycles. The summed E-state index contributed by atoms with van der Waals surface area (Å²) in [4.78, 5) is 23.5. The number of hydrogen-bond donors (Lipinski definition) is 0. The van der Waals surface area contributed by atoms with Crippen LogP contribution in [-0.4, -0.2) is 29.9 Å². The number of benzene rings is 1. The average Bonchev–Trinajstić information content (AvgIpc) is 2.72. The van der Waals surface area contributed by atoms with E-state index in [2.05, 4.69) is 0 Å². The van der Waals surface area contributed by atoms with Gasteiger partial charge in [-0.2, -0.15) is 0 Å². The summed E-state index contributed by atoms with van der Waals surface area (Å²) in [6.45, 7) is 4.16.